The van der Waals surface area contributed by atoms with Crippen LogP contribution in [-0.2, 0) is 0 Å². The summed E-state index contributed by atoms with van der Waals surface area (Å²) >= 11 is 9.68. The molecular weight excluding hydrogens is 348 g/mol. The van der Waals surface area contributed by atoms with E-state index < -0.39 is 0 Å². The molecule has 2 rings (SSSR count). The Morgan fingerprint density at radius 1 is 1.38 bits per heavy atom. The van der Waals surface area contributed by atoms with Crippen molar-refractivity contribution in [2.45, 2.75) is 51.6 Å². The second-order valence-corrected chi connectivity index (χ2v) is 8.27. The van der Waals surface area contributed by atoms with Crippen molar-refractivity contribution >= 4 is 27.5 Å². The Morgan fingerprint density at radius 3 is 2.52 bits per heavy atom. The molecule has 1 aliphatic carbocycles. The van der Waals surface area contributed by atoms with E-state index in [1.165, 1.54) is 31.2 Å². The molecule has 0 radical (unpaired) electrons. The Labute approximate surface area is 142 Å². The summed E-state index contributed by atoms with van der Waals surface area (Å²) in [5.41, 5.74) is 7.80. The Kier molecular flexibility index (Phi) is 5.75. The zero-order valence-corrected chi connectivity index (χ0v) is 15.5. The molecule has 0 amide bonds. The average molecular weight is 374 g/mol. The van der Waals surface area contributed by atoms with E-state index in [1.807, 2.05) is 12.1 Å². The van der Waals surface area contributed by atoms with Gasteiger partial charge in [-0.15, -0.1) is 0 Å². The summed E-state index contributed by atoms with van der Waals surface area (Å²) in [6.07, 6.45) is 5.10. The van der Waals surface area contributed by atoms with Gasteiger partial charge in [-0.25, -0.2) is 0 Å². The monoisotopic (exact) mass is 372 g/mol. The molecule has 1 saturated carbocycles. The number of rotatable bonds is 4. The lowest BCUT2D eigenvalue weighted by Gasteiger charge is -2.42. The van der Waals surface area contributed by atoms with E-state index in [0.717, 1.165) is 9.50 Å². The summed E-state index contributed by atoms with van der Waals surface area (Å²) in [4.78, 5) is 2.46. The number of hydrogen-bond donors (Lipinski definition) is 1. The predicted molar refractivity (Wildman–Crippen MR) is 94.7 cm³/mol. The van der Waals surface area contributed by atoms with Gasteiger partial charge >= 0.3 is 0 Å². The maximum Gasteiger partial charge on any atom is 0.0481 e. The van der Waals surface area contributed by atoms with Crippen LogP contribution in [0.4, 0.5) is 0 Å². The van der Waals surface area contributed by atoms with Crippen LogP contribution in [0.2, 0.25) is 5.02 Å². The number of halogens is 2. The summed E-state index contributed by atoms with van der Waals surface area (Å²) < 4.78 is 1.05. The van der Waals surface area contributed by atoms with Gasteiger partial charge in [0.1, 0.15) is 0 Å². The van der Waals surface area contributed by atoms with E-state index in [4.69, 9.17) is 17.3 Å². The number of nitrogens with two attached hydrogens (primary N) is 1. The molecule has 0 aliphatic heterocycles. The minimum Gasteiger partial charge on any atom is -0.329 e. The third-order valence-electron chi connectivity index (χ3n) is 4.92. The SMILES string of the molecule is CN(C1CCC(C)(C)CC1)C(CN)c1ccc(Cl)cc1Br. The van der Waals surface area contributed by atoms with Crippen molar-refractivity contribution in [2.24, 2.45) is 11.1 Å². The second-order valence-electron chi connectivity index (χ2n) is 6.98. The van der Waals surface area contributed by atoms with Crippen LogP contribution in [0.15, 0.2) is 22.7 Å². The van der Waals surface area contributed by atoms with Crippen LogP contribution < -0.4 is 5.73 Å². The summed E-state index contributed by atoms with van der Waals surface area (Å²) in [6.45, 7) is 5.37. The van der Waals surface area contributed by atoms with Crippen molar-refractivity contribution < 1.29 is 0 Å². The van der Waals surface area contributed by atoms with E-state index in [2.05, 4.69) is 47.8 Å². The molecule has 2 nitrogen and oxygen atoms in total. The molecule has 118 valence electrons. The molecule has 2 N–H and O–H groups in total. The summed E-state index contributed by atoms with van der Waals surface area (Å²) in [6, 6.07) is 6.85. The van der Waals surface area contributed by atoms with Crippen molar-refractivity contribution in [3.05, 3.63) is 33.3 Å². The lowest BCUT2D eigenvalue weighted by Crippen LogP contribution is -2.41. The second kappa shape index (κ2) is 6.99. The Bertz CT molecular complexity index is 480. The van der Waals surface area contributed by atoms with Gasteiger partial charge in [0.05, 0.1) is 0 Å². The van der Waals surface area contributed by atoms with Crippen molar-refractivity contribution in [1.29, 1.82) is 0 Å². The third kappa shape index (κ3) is 4.22. The largest absolute Gasteiger partial charge is 0.329 e. The molecule has 21 heavy (non-hydrogen) atoms. The van der Waals surface area contributed by atoms with E-state index in [-0.39, 0.29) is 6.04 Å². The van der Waals surface area contributed by atoms with Gasteiger partial charge in [-0.3, -0.25) is 4.90 Å². The zero-order chi connectivity index (χ0) is 15.6. The number of likely N-dealkylation sites (N-methyl/N-ethyl adjacent to an activating group) is 1. The molecule has 0 bridgehead atoms. The molecule has 1 fully saturated rings. The van der Waals surface area contributed by atoms with Gasteiger partial charge in [0, 0.05) is 28.1 Å². The highest BCUT2D eigenvalue weighted by Crippen LogP contribution is 2.39. The fourth-order valence-corrected chi connectivity index (χ4v) is 4.28. The van der Waals surface area contributed by atoms with Gasteiger partial charge in [-0.2, -0.15) is 0 Å². The molecule has 1 aromatic rings. The van der Waals surface area contributed by atoms with Crippen LogP contribution >= 0.6 is 27.5 Å². The van der Waals surface area contributed by atoms with Crippen molar-refractivity contribution in [1.82, 2.24) is 4.90 Å². The highest BCUT2D eigenvalue weighted by atomic mass is 79.9. The van der Waals surface area contributed by atoms with Crippen molar-refractivity contribution in [3.63, 3.8) is 0 Å². The Balaban J connectivity index is 2.13. The summed E-state index contributed by atoms with van der Waals surface area (Å²) in [5.74, 6) is 0. The molecule has 1 aliphatic rings. The maximum absolute atomic E-state index is 6.08. The molecular formula is C17H26BrClN2. The fraction of sp³-hybridized carbons (Fsp3) is 0.647. The molecule has 0 heterocycles. The van der Waals surface area contributed by atoms with Crippen LogP contribution in [0.1, 0.15) is 51.1 Å². The molecule has 1 atom stereocenters. The first-order chi connectivity index (χ1) is 9.84. The first kappa shape index (κ1) is 17.3. The Morgan fingerprint density at radius 2 is 2.00 bits per heavy atom. The molecule has 0 saturated heterocycles. The Hall–Kier alpha value is -0.0900. The topological polar surface area (TPSA) is 29.3 Å². The van der Waals surface area contributed by atoms with E-state index >= 15 is 0 Å². The fourth-order valence-electron chi connectivity index (χ4n) is 3.33. The lowest BCUT2D eigenvalue weighted by atomic mass is 9.75. The van der Waals surface area contributed by atoms with E-state index in [1.54, 1.807) is 0 Å². The van der Waals surface area contributed by atoms with E-state index in [9.17, 15) is 0 Å². The van der Waals surface area contributed by atoms with Crippen molar-refractivity contribution in [3.8, 4) is 0 Å². The van der Waals surface area contributed by atoms with Gasteiger partial charge in [-0.1, -0.05) is 47.4 Å². The van der Waals surface area contributed by atoms with Crippen LogP contribution in [0.3, 0.4) is 0 Å². The summed E-state index contributed by atoms with van der Waals surface area (Å²) in [7, 11) is 2.21. The van der Waals surface area contributed by atoms with Gasteiger partial charge in [-0.05, 0) is 55.8 Å². The minimum absolute atomic E-state index is 0.239. The van der Waals surface area contributed by atoms with Crippen LogP contribution in [0.5, 0.6) is 0 Å². The zero-order valence-electron chi connectivity index (χ0n) is 13.2. The highest BCUT2D eigenvalue weighted by Gasteiger charge is 2.31. The minimum atomic E-state index is 0.239. The van der Waals surface area contributed by atoms with Gasteiger partial charge < -0.3 is 5.73 Å². The van der Waals surface area contributed by atoms with E-state index in [0.29, 0.717) is 18.0 Å². The maximum atomic E-state index is 6.08. The number of benzene rings is 1. The highest BCUT2D eigenvalue weighted by molar-refractivity contribution is 9.10. The first-order valence-corrected chi connectivity index (χ1v) is 8.88. The standard InChI is InChI=1S/C17H26BrClN2/c1-17(2)8-6-13(7-9-17)21(3)16(11-20)14-5-4-12(19)10-15(14)18/h4-5,10,13,16H,6-9,11,20H2,1-3H3. The lowest BCUT2D eigenvalue weighted by molar-refractivity contribution is 0.0964. The van der Waals surface area contributed by atoms with Crippen LogP contribution in [0, 0.1) is 5.41 Å². The smallest absolute Gasteiger partial charge is 0.0481 e. The van der Waals surface area contributed by atoms with Crippen LogP contribution in [0.25, 0.3) is 0 Å². The normalized spacial score (nSPS) is 20.7. The molecule has 0 aromatic heterocycles. The molecule has 1 aromatic carbocycles. The van der Waals surface area contributed by atoms with Gasteiger partial charge in [0.25, 0.3) is 0 Å². The molecule has 0 spiro atoms. The third-order valence-corrected chi connectivity index (χ3v) is 5.84. The van der Waals surface area contributed by atoms with Gasteiger partial charge in [0.15, 0.2) is 0 Å². The van der Waals surface area contributed by atoms with Gasteiger partial charge in [0.2, 0.25) is 0 Å². The number of nitrogens with zero attached hydrogens (tertiary/aromatic N) is 1. The molecule has 4 heteroatoms. The number of hydrogen-bond acceptors (Lipinski definition) is 2. The van der Waals surface area contributed by atoms with Crippen LogP contribution in [-0.4, -0.2) is 24.5 Å². The quantitative estimate of drug-likeness (QED) is 0.804. The average Bonchev–Trinajstić information content (AvgIpc) is 2.41. The van der Waals surface area contributed by atoms with Crippen molar-refractivity contribution in [2.75, 3.05) is 13.6 Å². The predicted octanol–water partition coefficient (Wildman–Crippen LogP) is 5.00. The first-order valence-electron chi connectivity index (χ1n) is 7.71. The summed E-state index contributed by atoms with van der Waals surface area (Å²) in [5, 5.41) is 0.753. The molecule has 1 unspecified atom stereocenters.